The molecule has 0 aliphatic rings. The number of benzene rings is 2. The molecule has 2 amide bonds. The predicted octanol–water partition coefficient (Wildman–Crippen LogP) is 3.78. The highest BCUT2D eigenvalue weighted by molar-refractivity contribution is 7.99. The van der Waals surface area contributed by atoms with Gasteiger partial charge in [0.2, 0.25) is 11.8 Å². The minimum Gasteiger partial charge on any atom is -0.357 e. The minimum absolute atomic E-state index is 0.102. The molecular weight excluding hydrogens is 363 g/mol. The van der Waals surface area contributed by atoms with Crippen LogP contribution in [0, 0.1) is 12.7 Å². The molecule has 6 heteroatoms. The lowest BCUT2D eigenvalue weighted by Gasteiger charge is -2.28. The lowest BCUT2D eigenvalue weighted by molar-refractivity contribution is -0.140. The van der Waals surface area contributed by atoms with Gasteiger partial charge in [0.05, 0.1) is 0 Å². The summed E-state index contributed by atoms with van der Waals surface area (Å²) in [6.07, 6.45) is 0.321. The Bertz CT molecular complexity index is 763. The molecule has 0 bridgehead atoms. The number of hydrogen-bond donors (Lipinski definition) is 1. The van der Waals surface area contributed by atoms with E-state index in [2.05, 4.69) is 5.32 Å². The minimum atomic E-state index is -0.600. The smallest absolute Gasteiger partial charge is 0.242 e. The number of thioether (sulfide) groups is 1. The van der Waals surface area contributed by atoms with Crippen LogP contribution < -0.4 is 5.32 Å². The van der Waals surface area contributed by atoms with Crippen LogP contribution in [0.25, 0.3) is 0 Å². The fraction of sp³-hybridized carbons (Fsp3) is 0.333. The summed E-state index contributed by atoms with van der Waals surface area (Å²) < 4.78 is 13.1. The maximum Gasteiger partial charge on any atom is 0.242 e. The molecule has 2 aromatic carbocycles. The van der Waals surface area contributed by atoms with Gasteiger partial charge in [0.25, 0.3) is 0 Å². The third-order valence-corrected chi connectivity index (χ3v) is 5.30. The summed E-state index contributed by atoms with van der Waals surface area (Å²) in [6, 6.07) is 13.5. The van der Waals surface area contributed by atoms with Gasteiger partial charge in [-0.05, 0) is 43.7 Å². The van der Waals surface area contributed by atoms with Gasteiger partial charge in [0, 0.05) is 30.7 Å². The number of halogens is 1. The van der Waals surface area contributed by atoms with Crippen LogP contribution in [0.15, 0.2) is 53.4 Å². The van der Waals surface area contributed by atoms with Gasteiger partial charge in [0.15, 0.2) is 0 Å². The fourth-order valence-corrected chi connectivity index (χ4v) is 3.45. The van der Waals surface area contributed by atoms with Gasteiger partial charge in [-0.3, -0.25) is 9.59 Å². The molecule has 0 unspecified atom stereocenters. The summed E-state index contributed by atoms with van der Waals surface area (Å²) >= 11 is 1.61. The van der Waals surface area contributed by atoms with E-state index in [9.17, 15) is 14.0 Å². The van der Waals surface area contributed by atoms with Crippen molar-refractivity contribution in [3.63, 3.8) is 0 Å². The molecule has 0 saturated carbocycles. The molecule has 2 rings (SSSR count). The maximum atomic E-state index is 13.1. The number of aryl methyl sites for hydroxylation is 1. The van der Waals surface area contributed by atoms with Crippen molar-refractivity contribution in [3.05, 3.63) is 65.5 Å². The topological polar surface area (TPSA) is 49.4 Å². The van der Waals surface area contributed by atoms with Crippen LogP contribution in [0.2, 0.25) is 0 Å². The van der Waals surface area contributed by atoms with Crippen LogP contribution in [-0.2, 0) is 16.1 Å². The van der Waals surface area contributed by atoms with Crippen molar-refractivity contribution in [1.29, 1.82) is 0 Å². The molecule has 0 fully saturated rings. The highest BCUT2D eigenvalue weighted by atomic mass is 32.2. The van der Waals surface area contributed by atoms with Gasteiger partial charge in [-0.1, -0.05) is 29.8 Å². The van der Waals surface area contributed by atoms with E-state index in [-0.39, 0.29) is 24.2 Å². The second kappa shape index (κ2) is 10.1. The highest BCUT2D eigenvalue weighted by Gasteiger charge is 2.25. The monoisotopic (exact) mass is 388 g/mol. The third kappa shape index (κ3) is 6.40. The summed E-state index contributed by atoms with van der Waals surface area (Å²) in [5.41, 5.74) is 1.98. The van der Waals surface area contributed by atoms with Crippen LogP contribution in [-0.4, -0.2) is 35.6 Å². The molecule has 0 radical (unpaired) electrons. The maximum absolute atomic E-state index is 13.1. The highest BCUT2D eigenvalue weighted by Crippen LogP contribution is 2.20. The molecule has 0 aromatic heterocycles. The molecule has 27 heavy (non-hydrogen) atoms. The van der Waals surface area contributed by atoms with Crippen LogP contribution in [0.1, 0.15) is 24.5 Å². The molecule has 4 nitrogen and oxygen atoms in total. The van der Waals surface area contributed by atoms with E-state index >= 15 is 0 Å². The van der Waals surface area contributed by atoms with E-state index < -0.39 is 6.04 Å². The zero-order valence-corrected chi connectivity index (χ0v) is 16.7. The van der Waals surface area contributed by atoms with E-state index in [0.717, 1.165) is 10.5 Å². The second-order valence-electron chi connectivity index (χ2n) is 6.35. The number of hydrogen-bond acceptors (Lipinski definition) is 3. The Morgan fingerprint density at radius 2 is 1.74 bits per heavy atom. The molecule has 0 saturated heterocycles. The quantitative estimate of drug-likeness (QED) is 0.700. The Hall–Kier alpha value is -2.34. The van der Waals surface area contributed by atoms with Gasteiger partial charge >= 0.3 is 0 Å². The molecule has 144 valence electrons. The first-order valence-electron chi connectivity index (χ1n) is 8.85. The van der Waals surface area contributed by atoms with Gasteiger partial charge in [-0.15, -0.1) is 11.8 Å². The van der Waals surface area contributed by atoms with Crippen LogP contribution in [0.3, 0.4) is 0 Å². The lowest BCUT2D eigenvalue weighted by atomic mass is 10.1. The van der Waals surface area contributed by atoms with Gasteiger partial charge in [-0.2, -0.15) is 0 Å². The first-order chi connectivity index (χ1) is 12.9. The van der Waals surface area contributed by atoms with Crippen molar-refractivity contribution in [3.8, 4) is 0 Å². The van der Waals surface area contributed by atoms with E-state index in [4.69, 9.17) is 0 Å². The van der Waals surface area contributed by atoms with Crippen molar-refractivity contribution in [2.45, 2.75) is 37.8 Å². The van der Waals surface area contributed by atoms with Crippen LogP contribution >= 0.6 is 11.8 Å². The number of nitrogens with zero attached hydrogens (tertiary/aromatic N) is 1. The van der Waals surface area contributed by atoms with E-state index in [0.29, 0.717) is 12.2 Å². The zero-order chi connectivity index (χ0) is 19.8. The van der Waals surface area contributed by atoms with Gasteiger partial charge in [-0.25, -0.2) is 4.39 Å². The second-order valence-corrected chi connectivity index (χ2v) is 7.52. The van der Waals surface area contributed by atoms with Crippen molar-refractivity contribution < 1.29 is 14.0 Å². The van der Waals surface area contributed by atoms with Gasteiger partial charge < -0.3 is 10.2 Å². The third-order valence-electron chi connectivity index (χ3n) is 4.29. The number of nitrogens with one attached hydrogen (secondary N) is 1. The number of carbonyl (C=O) groups excluding carboxylic acids is 2. The van der Waals surface area contributed by atoms with Crippen molar-refractivity contribution in [2.75, 3.05) is 12.8 Å². The van der Waals surface area contributed by atoms with Crippen LogP contribution in [0.4, 0.5) is 4.39 Å². The standard InChI is InChI=1S/C21H25FN2O2S/c1-15-4-10-19(11-5-15)27-13-12-20(25)24(16(2)21(26)23-3)14-17-6-8-18(22)9-7-17/h4-11,16H,12-14H2,1-3H3,(H,23,26)/t16-/m1/s1. The fourth-order valence-electron chi connectivity index (χ4n) is 2.61. The normalized spacial score (nSPS) is 11.7. The van der Waals surface area contributed by atoms with Crippen molar-refractivity contribution >= 4 is 23.6 Å². The van der Waals surface area contributed by atoms with Crippen molar-refractivity contribution in [2.24, 2.45) is 0 Å². The molecule has 1 N–H and O–H groups in total. The average Bonchev–Trinajstić information content (AvgIpc) is 2.67. The van der Waals surface area contributed by atoms with Crippen LogP contribution in [0.5, 0.6) is 0 Å². The Kier molecular flexibility index (Phi) is 7.85. The summed E-state index contributed by atoms with van der Waals surface area (Å²) in [4.78, 5) is 27.5. The zero-order valence-electron chi connectivity index (χ0n) is 15.9. The van der Waals surface area contributed by atoms with Gasteiger partial charge in [0.1, 0.15) is 11.9 Å². The number of likely N-dealkylation sites (N-methyl/N-ethyl adjacent to an activating group) is 1. The first-order valence-corrected chi connectivity index (χ1v) is 9.84. The molecule has 1 atom stereocenters. The largest absolute Gasteiger partial charge is 0.357 e. The SMILES string of the molecule is CNC(=O)[C@@H](C)N(Cc1ccc(F)cc1)C(=O)CCSc1ccc(C)cc1. The summed E-state index contributed by atoms with van der Waals surface area (Å²) in [7, 11) is 1.55. The first kappa shape index (κ1) is 21.0. The van der Waals surface area contributed by atoms with E-state index in [1.165, 1.54) is 17.7 Å². The molecule has 2 aromatic rings. The molecule has 0 aliphatic carbocycles. The Balaban J connectivity index is 2.02. The van der Waals surface area contributed by atoms with E-state index in [1.807, 2.05) is 31.2 Å². The molecule has 0 spiro atoms. The predicted molar refractivity (Wildman–Crippen MR) is 107 cm³/mol. The Labute approximate surface area is 164 Å². The summed E-state index contributed by atoms with van der Waals surface area (Å²) in [5.74, 6) is -0.0281. The number of amides is 2. The van der Waals surface area contributed by atoms with Crippen molar-refractivity contribution in [1.82, 2.24) is 10.2 Å². The Morgan fingerprint density at radius 3 is 2.33 bits per heavy atom. The number of rotatable bonds is 8. The number of carbonyl (C=O) groups is 2. The molecule has 0 heterocycles. The molecule has 0 aliphatic heterocycles. The van der Waals surface area contributed by atoms with E-state index in [1.54, 1.807) is 42.8 Å². The lowest BCUT2D eigenvalue weighted by Crippen LogP contribution is -2.46. The molecular formula is C21H25FN2O2S. The average molecular weight is 389 g/mol. The Morgan fingerprint density at radius 1 is 1.11 bits per heavy atom. The summed E-state index contributed by atoms with van der Waals surface area (Å²) in [5, 5.41) is 2.58. The summed E-state index contributed by atoms with van der Waals surface area (Å²) in [6.45, 7) is 4.00.